The Labute approximate surface area is 212 Å². The zero-order valence-corrected chi connectivity index (χ0v) is 21.6. The molecule has 36 heavy (non-hydrogen) atoms. The van der Waals surface area contributed by atoms with Crippen molar-refractivity contribution < 1.29 is 22.4 Å². The standard InChI is InChI=1S/C26H33FN4O4S/c1-19(28-35-2)20-7-9-25(23(27)17-20)30-13-15-31(16-14-30)26(32)22-18-21(36(3,33)34)8-10-24(22)29-11-5-4-6-12-29/h7-10,17-18,28H,1,4-6,11-16H2,2-3H3. The molecule has 2 aliphatic heterocycles. The van der Waals surface area contributed by atoms with Gasteiger partial charge in [0.05, 0.1) is 29.0 Å². The minimum absolute atomic E-state index is 0.136. The molecule has 2 heterocycles. The first kappa shape index (κ1) is 26.0. The maximum absolute atomic E-state index is 14.9. The summed E-state index contributed by atoms with van der Waals surface area (Å²) < 4.78 is 39.3. The second kappa shape index (κ2) is 10.9. The van der Waals surface area contributed by atoms with Crippen molar-refractivity contribution in [3.05, 3.63) is 59.9 Å². The number of piperidine rings is 1. The fourth-order valence-electron chi connectivity index (χ4n) is 4.78. The average Bonchev–Trinajstić information content (AvgIpc) is 2.88. The minimum atomic E-state index is -3.46. The molecule has 0 unspecified atom stereocenters. The van der Waals surface area contributed by atoms with Crippen LogP contribution in [0.1, 0.15) is 35.2 Å². The van der Waals surface area contributed by atoms with E-state index in [0.717, 1.165) is 44.3 Å². The third-order valence-electron chi connectivity index (χ3n) is 6.75. The Morgan fingerprint density at radius 3 is 2.19 bits per heavy atom. The van der Waals surface area contributed by atoms with Crippen LogP contribution in [-0.2, 0) is 14.7 Å². The van der Waals surface area contributed by atoms with Crippen LogP contribution in [0.15, 0.2) is 47.9 Å². The van der Waals surface area contributed by atoms with Gasteiger partial charge in [0.25, 0.3) is 5.91 Å². The van der Waals surface area contributed by atoms with E-state index in [1.54, 1.807) is 29.2 Å². The number of anilines is 2. The molecule has 8 nitrogen and oxygen atoms in total. The van der Waals surface area contributed by atoms with E-state index in [2.05, 4.69) is 17.0 Å². The van der Waals surface area contributed by atoms with Gasteiger partial charge in [-0.05, 0) is 49.6 Å². The van der Waals surface area contributed by atoms with Crippen LogP contribution in [0, 0.1) is 5.82 Å². The van der Waals surface area contributed by atoms with E-state index < -0.39 is 9.84 Å². The van der Waals surface area contributed by atoms with Crippen LogP contribution in [0.4, 0.5) is 15.8 Å². The number of benzene rings is 2. The molecule has 0 bridgehead atoms. The number of hydroxylamine groups is 1. The summed E-state index contributed by atoms with van der Waals surface area (Å²) in [7, 11) is -2.00. The van der Waals surface area contributed by atoms with Crippen molar-refractivity contribution >= 4 is 32.8 Å². The zero-order chi connectivity index (χ0) is 25.9. The lowest BCUT2D eigenvalue weighted by Crippen LogP contribution is -2.49. The molecule has 1 N–H and O–H groups in total. The predicted molar refractivity (Wildman–Crippen MR) is 139 cm³/mol. The Balaban J connectivity index is 1.51. The predicted octanol–water partition coefficient (Wildman–Crippen LogP) is 3.30. The molecule has 2 fully saturated rings. The molecule has 2 aliphatic rings. The largest absolute Gasteiger partial charge is 0.371 e. The van der Waals surface area contributed by atoms with Crippen molar-refractivity contribution in [1.29, 1.82) is 0 Å². The number of amides is 1. The van der Waals surface area contributed by atoms with E-state index in [9.17, 15) is 17.6 Å². The molecule has 0 aromatic heterocycles. The summed E-state index contributed by atoms with van der Waals surface area (Å²) in [5, 5.41) is 0. The molecule has 2 aromatic carbocycles. The van der Waals surface area contributed by atoms with Gasteiger partial charge < -0.3 is 14.7 Å². The van der Waals surface area contributed by atoms with E-state index in [1.807, 2.05) is 4.90 Å². The lowest BCUT2D eigenvalue weighted by atomic mass is 10.1. The molecule has 4 rings (SSSR count). The van der Waals surface area contributed by atoms with Crippen molar-refractivity contribution in [3.8, 4) is 0 Å². The fourth-order valence-corrected chi connectivity index (χ4v) is 5.43. The van der Waals surface area contributed by atoms with Crippen molar-refractivity contribution in [1.82, 2.24) is 10.4 Å². The van der Waals surface area contributed by atoms with Crippen LogP contribution < -0.4 is 15.3 Å². The highest BCUT2D eigenvalue weighted by Crippen LogP contribution is 2.29. The summed E-state index contributed by atoms with van der Waals surface area (Å²) in [6.07, 6.45) is 4.38. The summed E-state index contributed by atoms with van der Waals surface area (Å²) >= 11 is 0. The number of carbonyl (C=O) groups is 1. The zero-order valence-electron chi connectivity index (χ0n) is 20.8. The summed E-state index contributed by atoms with van der Waals surface area (Å²) in [6.45, 7) is 7.23. The van der Waals surface area contributed by atoms with Crippen molar-refractivity contribution in [2.75, 3.05) is 62.4 Å². The van der Waals surface area contributed by atoms with Gasteiger partial charge >= 0.3 is 0 Å². The Bertz CT molecular complexity index is 1240. The third-order valence-corrected chi connectivity index (χ3v) is 7.86. The van der Waals surface area contributed by atoms with Crippen LogP contribution in [-0.4, -0.2) is 71.9 Å². The van der Waals surface area contributed by atoms with Gasteiger partial charge in [0.1, 0.15) is 5.82 Å². The second-order valence-corrected chi connectivity index (χ2v) is 11.2. The molecule has 0 saturated carbocycles. The number of hydrogen-bond acceptors (Lipinski definition) is 7. The molecular weight excluding hydrogens is 483 g/mol. The van der Waals surface area contributed by atoms with E-state index in [4.69, 9.17) is 4.84 Å². The SMILES string of the molecule is C=C(NOC)c1ccc(N2CCN(C(=O)c3cc(S(C)(=O)=O)ccc3N3CCCCC3)CC2)c(F)c1. The van der Waals surface area contributed by atoms with E-state index >= 15 is 0 Å². The number of piperazine rings is 1. The van der Waals surface area contributed by atoms with Crippen molar-refractivity contribution in [3.63, 3.8) is 0 Å². The second-order valence-electron chi connectivity index (χ2n) is 9.23. The first-order valence-electron chi connectivity index (χ1n) is 12.1. The average molecular weight is 517 g/mol. The van der Waals surface area contributed by atoms with Gasteiger partial charge in [0, 0.05) is 56.8 Å². The monoisotopic (exact) mass is 516 g/mol. The Hall–Kier alpha value is -3.11. The molecule has 2 saturated heterocycles. The van der Waals surface area contributed by atoms with Gasteiger partial charge in [-0.25, -0.2) is 12.8 Å². The Morgan fingerprint density at radius 1 is 0.944 bits per heavy atom. The molecule has 10 heteroatoms. The van der Waals surface area contributed by atoms with Crippen LogP contribution in [0.3, 0.4) is 0 Å². The van der Waals surface area contributed by atoms with E-state index in [1.165, 1.54) is 19.2 Å². The maximum Gasteiger partial charge on any atom is 0.256 e. The highest BCUT2D eigenvalue weighted by molar-refractivity contribution is 7.90. The van der Waals surface area contributed by atoms with Gasteiger partial charge in [0.2, 0.25) is 0 Å². The molecule has 0 spiro atoms. The maximum atomic E-state index is 14.9. The van der Waals surface area contributed by atoms with Crippen LogP contribution in [0.25, 0.3) is 5.70 Å². The number of carbonyl (C=O) groups excluding carboxylic acids is 1. The van der Waals surface area contributed by atoms with E-state index in [-0.39, 0.29) is 16.6 Å². The van der Waals surface area contributed by atoms with Gasteiger partial charge in [-0.15, -0.1) is 0 Å². The molecule has 0 radical (unpaired) electrons. The highest BCUT2D eigenvalue weighted by Gasteiger charge is 2.28. The molecule has 2 aromatic rings. The van der Waals surface area contributed by atoms with Gasteiger partial charge in [-0.3, -0.25) is 15.1 Å². The quantitative estimate of drug-likeness (QED) is 0.566. The molecule has 1 amide bonds. The minimum Gasteiger partial charge on any atom is -0.371 e. The van der Waals surface area contributed by atoms with E-state index in [0.29, 0.717) is 48.7 Å². The van der Waals surface area contributed by atoms with Crippen LogP contribution in [0.2, 0.25) is 0 Å². The summed E-state index contributed by atoms with van der Waals surface area (Å²) in [6, 6.07) is 9.72. The summed E-state index contributed by atoms with van der Waals surface area (Å²) in [5.41, 5.74) is 5.30. The summed E-state index contributed by atoms with van der Waals surface area (Å²) in [4.78, 5) is 24.4. The highest BCUT2D eigenvalue weighted by atomic mass is 32.2. The summed E-state index contributed by atoms with van der Waals surface area (Å²) in [5.74, 6) is -0.571. The Kier molecular flexibility index (Phi) is 7.85. The number of nitrogens with zero attached hydrogens (tertiary/aromatic N) is 3. The Morgan fingerprint density at radius 2 is 1.58 bits per heavy atom. The topological polar surface area (TPSA) is 82.2 Å². The smallest absolute Gasteiger partial charge is 0.256 e. The number of nitrogens with one attached hydrogen (secondary N) is 1. The fraction of sp³-hybridized carbons (Fsp3) is 0.423. The number of halogens is 1. The number of hydrogen-bond donors (Lipinski definition) is 1. The lowest BCUT2D eigenvalue weighted by Gasteiger charge is -2.37. The molecular formula is C26H33FN4O4S. The molecule has 0 aliphatic carbocycles. The van der Waals surface area contributed by atoms with Crippen molar-refractivity contribution in [2.24, 2.45) is 0 Å². The molecule has 194 valence electrons. The first-order chi connectivity index (χ1) is 17.2. The third kappa shape index (κ3) is 5.65. The van der Waals surface area contributed by atoms with Gasteiger partial charge in [-0.1, -0.05) is 12.6 Å². The van der Waals surface area contributed by atoms with Gasteiger partial charge in [0.15, 0.2) is 9.84 Å². The van der Waals surface area contributed by atoms with Crippen molar-refractivity contribution in [2.45, 2.75) is 24.2 Å². The first-order valence-corrected chi connectivity index (χ1v) is 14.0. The number of sulfone groups is 1. The van der Waals surface area contributed by atoms with Crippen LogP contribution in [0.5, 0.6) is 0 Å². The van der Waals surface area contributed by atoms with Crippen LogP contribution >= 0.6 is 0 Å². The number of rotatable bonds is 7. The van der Waals surface area contributed by atoms with Gasteiger partial charge in [-0.2, -0.15) is 0 Å². The normalized spacial score (nSPS) is 16.7. The lowest BCUT2D eigenvalue weighted by molar-refractivity contribution is 0.0747. The molecule has 0 atom stereocenters.